The summed E-state index contributed by atoms with van der Waals surface area (Å²) in [6.45, 7) is 0.878. The fourth-order valence-corrected chi connectivity index (χ4v) is 6.67. The number of anilines is 2. The normalized spacial score (nSPS) is 14.8. The van der Waals surface area contributed by atoms with Gasteiger partial charge in [0.25, 0.3) is 15.9 Å². The van der Waals surface area contributed by atoms with Crippen LogP contribution in [0, 0.1) is 0 Å². The summed E-state index contributed by atoms with van der Waals surface area (Å²) < 4.78 is 55.1. The first-order chi connectivity index (χ1) is 17.1. The van der Waals surface area contributed by atoms with Crippen LogP contribution in [0.3, 0.4) is 0 Å². The van der Waals surface area contributed by atoms with E-state index in [4.69, 9.17) is 23.2 Å². The van der Waals surface area contributed by atoms with E-state index < -0.39 is 26.0 Å². The number of sulfonamides is 2. The molecule has 0 saturated carbocycles. The number of carbonyl (C=O) groups excluding carboxylic acids is 1. The highest BCUT2D eigenvalue weighted by Crippen LogP contribution is 2.26. The number of carbonyl (C=O) groups is 1. The number of piperidine rings is 1. The number of rotatable bonds is 7. The molecule has 1 amide bonds. The van der Waals surface area contributed by atoms with Crippen molar-refractivity contribution in [3.05, 3.63) is 82.3 Å². The summed E-state index contributed by atoms with van der Waals surface area (Å²) in [6.07, 6.45) is 2.57. The lowest BCUT2D eigenvalue weighted by molar-refractivity contribution is 0.102. The van der Waals surface area contributed by atoms with Crippen LogP contribution in [-0.2, 0) is 20.0 Å². The van der Waals surface area contributed by atoms with Crippen molar-refractivity contribution in [2.45, 2.75) is 29.1 Å². The molecule has 1 fully saturated rings. The van der Waals surface area contributed by atoms with Gasteiger partial charge in [-0.1, -0.05) is 29.6 Å². The van der Waals surface area contributed by atoms with Crippen LogP contribution in [0.5, 0.6) is 0 Å². The fraction of sp³-hybridized carbons (Fsp3) is 0.208. The molecule has 1 heterocycles. The highest BCUT2D eigenvalue weighted by Gasteiger charge is 2.27. The van der Waals surface area contributed by atoms with Gasteiger partial charge in [-0.25, -0.2) is 16.8 Å². The summed E-state index contributed by atoms with van der Waals surface area (Å²) in [7, 11) is -7.61. The molecule has 2 N–H and O–H groups in total. The van der Waals surface area contributed by atoms with Crippen molar-refractivity contribution in [3.63, 3.8) is 0 Å². The third-order valence-electron chi connectivity index (χ3n) is 5.65. The van der Waals surface area contributed by atoms with Gasteiger partial charge in [-0.05, 0) is 79.6 Å². The number of amides is 1. The van der Waals surface area contributed by atoms with Gasteiger partial charge in [-0.2, -0.15) is 4.31 Å². The number of hydrogen-bond acceptors (Lipinski definition) is 5. The number of hydrogen-bond donors (Lipinski definition) is 2. The van der Waals surface area contributed by atoms with Crippen LogP contribution in [0.25, 0.3) is 0 Å². The van der Waals surface area contributed by atoms with Crippen LogP contribution in [-0.4, -0.2) is 40.1 Å². The zero-order chi connectivity index (χ0) is 25.9. The van der Waals surface area contributed by atoms with Crippen molar-refractivity contribution in [2.75, 3.05) is 23.1 Å². The predicted molar refractivity (Wildman–Crippen MR) is 141 cm³/mol. The van der Waals surface area contributed by atoms with Gasteiger partial charge in [0.15, 0.2) is 0 Å². The Morgan fingerprint density at radius 3 is 1.97 bits per heavy atom. The largest absolute Gasteiger partial charge is 0.322 e. The maximum atomic E-state index is 13.0. The van der Waals surface area contributed by atoms with Crippen molar-refractivity contribution in [1.82, 2.24) is 4.31 Å². The van der Waals surface area contributed by atoms with Crippen molar-refractivity contribution in [3.8, 4) is 0 Å². The minimum Gasteiger partial charge on any atom is -0.322 e. The van der Waals surface area contributed by atoms with E-state index in [0.29, 0.717) is 29.5 Å². The second kappa shape index (κ2) is 10.8. The van der Waals surface area contributed by atoms with E-state index in [0.717, 1.165) is 19.3 Å². The molecular formula is C24H23Cl2N3O5S2. The van der Waals surface area contributed by atoms with E-state index in [2.05, 4.69) is 10.0 Å². The van der Waals surface area contributed by atoms with Gasteiger partial charge in [0.2, 0.25) is 10.0 Å². The van der Waals surface area contributed by atoms with Crippen LogP contribution in [0.1, 0.15) is 29.6 Å². The Morgan fingerprint density at radius 1 is 0.750 bits per heavy atom. The molecular weight excluding hydrogens is 545 g/mol. The van der Waals surface area contributed by atoms with Crippen LogP contribution >= 0.6 is 23.2 Å². The molecule has 1 aliphatic rings. The quantitative estimate of drug-likeness (QED) is 0.406. The average molecular weight is 569 g/mol. The Bertz CT molecular complexity index is 1470. The Kier molecular flexibility index (Phi) is 7.91. The average Bonchev–Trinajstić information content (AvgIpc) is 2.86. The monoisotopic (exact) mass is 567 g/mol. The second-order valence-electron chi connectivity index (χ2n) is 8.20. The van der Waals surface area contributed by atoms with Gasteiger partial charge in [-0.15, -0.1) is 0 Å². The lowest BCUT2D eigenvalue weighted by atomic mass is 10.2. The zero-order valence-electron chi connectivity index (χ0n) is 18.9. The Balaban J connectivity index is 1.49. The van der Waals surface area contributed by atoms with E-state index in [1.807, 2.05) is 0 Å². The van der Waals surface area contributed by atoms with Gasteiger partial charge in [0.1, 0.15) is 0 Å². The van der Waals surface area contributed by atoms with Crippen LogP contribution < -0.4 is 10.0 Å². The third kappa shape index (κ3) is 6.01. The van der Waals surface area contributed by atoms with Crippen LogP contribution in [0.2, 0.25) is 10.0 Å². The summed E-state index contributed by atoms with van der Waals surface area (Å²) in [5.74, 6) is -0.620. The molecule has 3 aromatic carbocycles. The number of halogens is 2. The lowest BCUT2D eigenvalue weighted by Gasteiger charge is -2.26. The van der Waals surface area contributed by atoms with E-state index in [1.54, 1.807) is 12.1 Å². The molecule has 8 nitrogen and oxygen atoms in total. The minimum atomic E-state index is -3.86. The van der Waals surface area contributed by atoms with Gasteiger partial charge < -0.3 is 5.32 Å². The molecule has 36 heavy (non-hydrogen) atoms. The summed E-state index contributed by atoms with van der Waals surface area (Å²) in [6, 6.07) is 15.8. The lowest BCUT2D eigenvalue weighted by Crippen LogP contribution is -2.35. The first-order valence-corrected chi connectivity index (χ1v) is 14.7. The molecule has 0 atom stereocenters. The SMILES string of the molecule is O=C(Nc1ccc(S(=O)(=O)Nc2ccc(Cl)cc2)cc1)c1cc(S(=O)(=O)N2CCCCC2)ccc1Cl. The predicted octanol–water partition coefficient (Wildman–Crippen LogP) is 5.22. The topological polar surface area (TPSA) is 113 Å². The first kappa shape index (κ1) is 26.4. The number of nitrogens with one attached hydrogen (secondary N) is 2. The molecule has 3 aromatic rings. The Hall–Kier alpha value is -2.63. The smallest absolute Gasteiger partial charge is 0.261 e. The maximum absolute atomic E-state index is 13.0. The maximum Gasteiger partial charge on any atom is 0.261 e. The van der Waals surface area contributed by atoms with Crippen molar-refractivity contribution >= 4 is 60.5 Å². The van der Waals surface area contributed by atoms with Gasteiger partial charge in [0, 0.05) is 29.5 Å². The number of benzene rings is 3. The van der Waals surface area contributed by atoms with Crippen molar-refractivity contribution < 1.29 is 21.6 Å². The van der Waals surface area contributed by atoms with Gasteiger partial charge in [0.05, 0.1) is 20.4 Å². The molecule has 0 radical (unpaired) electrons. The van der Waals surface area contributed by atoms with Crippen molar-refractivity contribution in [2.24, 2.45) is 0 Å². The summed E-state index contributed by atoms with van der Waals surface area (Å²) >= 11 is 12.0. The highest BCUT2D eigenvalue weighted by atomic mass is 35.5. The summed E-state index contributed by atoms with van der Waals surface area (Å²) in [5.41, 5.74) is 0.660. The molecule has 190 valence electrons. The standard InChI is InChI=1S/C24H23Cl2N3O5S2/c25-17-4-6-19(7-5-17)28-35(31,32)20-10-8-18(9-11-20)27-24(30)22-16-21(12-13-23(22)26)36(33,34)29-14-2-1-3-15-29/h4-13,16,28H,1-3,14-15H2,(H,27,30). The molecule has 0 spiro atoms. The van der Waals surface area contributed by atoms with Gasteiger partial charge >= 0.3 is 0 Å². The van der Waals surface area contributed by atoms with E-state index in [1.165, 1.54) is 58.9 Å². The Labute approximate surface area is 220 Å². The van der Waals surface area contributed by atoms with Gasteiger partial charge in [-0.3, -0.25) is 9.52 Å². The molecule has 0 aliphatic carbocycles. The van der Waals surface area contributed by atoms with Crippen molar-refractivity contribution in [1.29, 1.82) is 0 Å². The second-order valence-corrected chi connectivity index (χ2v) is 12.7. The number of nitrogens with zero attached hydrogens (tertiary/aromatic N) is 1. The molecule has 0 unspecified atom stereocenters. The zero-order valence-corrected chi connectivity index (χ0v) is 22.1. The summed E-state index contributed by atoms with van der Waals surface area (Å²) in [5, 5.41) is 3.20. The molecule has 0 bridgehead atoms. The molecule has 0 aromatic heterocycles. The van der Waals surface area contributed by atoms with E-state index in [9.17, 15) is 21.6 Å². The fourth-order valence-electron chi connectivity index (χ4n) is 3.74. The minimum absolute atomic E-state index is 0.00384. The summed E-state index contributed by atoms with van der Waals surface area (Å²) in [4.78, 5) is 12.9. The van der Waals surface area contributed by atoms with Crippen LogP contribution in [0.15, 0.2) is 76.5 Å². The molecule has 4 rings (SSSR count). The highest BCUT2D eigenvalue weighted by molar-refractivity contribution is 7.92. The molecule has 1 aliphatic heterocycles. The van der Waals surface area contributed by atoms with E-state index >= 15 is 0 Å². The molecule has 1 saturated heterocycles. The van der Waals surface area contributed by atoms with Crippen LogP contribution in [0.4, 0.5) is 11.4 Å². The third-order valence-corrected chi connectivity index (χ3v) is 9.53. The van der Waals surface area contributed by atoms with E-state index in [-0.39, 0.29) is 20.4 Å². The molecule has 12 heteroatoms. The Morgan fingerprint density at radius 2 is 1.33 bits per heavy atom. The first-order valence-electron chi connectivity index (χ1n) is 11.1.